The molecule has 3 N–H and O–H groups in total. The van der Waals surface area contributed by atoms with Gasteiger partial charge in [0, 0.05) is 41.7 Å². The van der Waals surface area contributed by atoms with E-state index >= 15 is 4.39 Å². The van der Waals surface area contributed by atoms with Crippen molar-refractivity contribution in [3.63, 3.8) is 0 Å². The van der Waals surface area contributed by atoms with Crippen LogP contribution in [0.4, 0.5) is 20.6 Å². The topological polar surface area (TPSA) is 126 Å². The summed E-state index contributed by atoms with van der Waals surface area (Å²) in [7, 11) is 0. The lowest BCUT2D eigenvalue weighted by Gasteiger charge is -2.30. The molecule has 2 unspecified atom stereocenters. The Kier molecular flexibility index (Phi) is 9.17. The number of carboxylic acids is 1. The van der Waals surface area contributed by atoms with E-state index in [1.807, 2.05) is 48.4 Å². The van der Waals surface area contributed by atoms with Crippen molar-refractivity contribution in [3.8, 4) is 16.9 Å². The summed E-state index contributed by atoms with van der Waals surface area (Å²) in [4.78, 5) is 37.9. The van der Waals surface area contributed by atoms with E-state index in [1.54, 1.807) is 10.9 Å². The number of aliphatic carboxylic acids is 1. The Morgan fingerprint density at radius 2 is 1.96 bits per heavy atom. The SMILES string of the molecule is Cc1cccc(OCCCC(=O)N2CC3CC3c3c(-c4cnn(Cc5c(F)cc(NC(=O)NCC(=O)O)cc5Cl)c4)cccc32)c1C. The monoisotopic (exact) mass is 659 g/mol. The molecule has 3 amide bonds. The van der Waals surface area contributed by atoms with Crippen LogP contribution in [0.3, 0.4) is 0 Å². The summed E-state index contributed by atoms with van der Waals surface area (Å²) in [5.41, 5.74) is 6.48. The van der Waals surface area contributed by atoms with Gasteiger partial charge in [-0.2, -0.15) is 5.10 Å². The summed E-state index contributed by atoms with van der Waals surface area (Å²) in [6.07, 6.45) is 5.59. The van der Waals surface area contributed by atoms with Gasteiger partial charge in [0.1, 0.15) is 18.1 Å². The van der Waals surface area contributed by atoms with E-state index in [0.717, 1.165) is 46.2 Å². The Balaban J connectivity index is 1.13. The average Bonchev–Trinajstić information content (AvgIpc) is 3.68. The van der Waals surface area contributed by atoms with E-state index in [9.17, 15) is 14.4 Å². The maximum absolute atomic E-state index is 15.1. The molecule has 1 fully saturated rings. The van der Waals surface area contributed by atoms with Gasteiger partial charge in [0.25, 0.3) is 0 Å². The first-order valence-corrected chi connectivity index (χ1v) is 15.9. The third kappa shape index (κ3) is 7.10. The lowest BCUT2D eigenvalue weighted by Crippen LogP contribution is -2.36. The minimum absolute atomic E-state index is 0.0476. The van der Waals surface area contributed by atoms with E-state index in [2.05, 4.69) is 28.7 Å². The summed E-state index contributed by atoms with van der Waals surface area (Å²) < 4.78 is 22.7. The van der Waals surface area contributed by atoms with Crippen LogP contribution in [0.25, 0.3) is 11.1 Å². The number of nitrogens with one attached hydrogen (secondary N) is 2. The van der Waals surface area contributed by atoms with Crippen LogP contribution >= 0.6 is 11.6 Å². The van der Waals surface area contributed by atoms with Crippen molar-refractivity contribution >= 4 is 40.9 Å². The van der Waals surface area contributed by atoms with Crippen LogP contribution in [0.2, 0.25) is 5.02 Å². The molecule has 1 aliphatic heterocycles. The smallest absolute Gasteiger partial charge is 0.323 e. The fraction of sp³-hybridized carbons (Fsp3) is 0.314. The van der Waals surface area contributed by atoms with Gasteiger partial charge in [0.05, 0.1) is 24.4 Å². The van der Waals surface area contributed by atoms with Crippen LogP contribution in [0.1, 0.15) is 47.4 Å². The molecule has 1 aromatic heterocycles. The van der Waals surface area contributed by atoms with Crippen molar-refractivity contribution in [1.82, 2.24) is 15.1 Å². The number of aryl methyl sites for hydroxylation is 1. The molecular formula is C35H35ClFN5O5. The summed E-state index contributed by atoms with van der Waals surface area (Å²) in [6.45, 7) is 4.73. The molecule has 12 heteroatoms. The third-order valence-corrected chi connectivity index (χ3v) is 9.13. The molecule has 10 nitrogen and oxygen atoms in total. The van der Waals surface area contributed by atoms with Crippen molar-refractivity contribution in [2.45, 2.75) is 45.6 Å². The summed E-state index contributed by atoms with van der Waals surface area (Å²) in [5, 5.41) is 17.8. The van der Waals surface area contributed by atoms with Crippen molar-refractivity contribution in [2.24, 2.45) is 5.92 Å². The van der Waals surface area contributed by atoms with Crippen molar-refractivity contribution in [2.75, 3.05) is 29.9 Å². The zero-order valence-electron chi connectivity index (χ0n) is 26.1. The highest BCUT2D eigenvalue weighted by molar-refractivity contribution is 6.31. The molecule has 0 spiro atoms. The Morgan fingerprint density at radius 1 is 1.15 bits per heavy atom. The summed E-state index contributed by atoms with van der Waals surface area (Å²) in [6, 6.07) is 13.7. The number of carbonyl (C=O) groups is 3. The molecular weight excluding hydrogens is 625 g/mol. The fourth-order valence-electron chi connectivity index (χ4n) is 6.13. The fourth-order valence-corrected chi connectivity index (χ4v) is 6.40. The quantitative estimate of drug-likeness (QED) is 0.157. The van der Waals surface area contributed by atoms with E-state index in [4.69, 9.17) is 21.4 Å². The Morgan fingerprint density at radius 3 is 2.74 bits per heavy atom. The van der Waals surface area contributed by atoms with Crippen molar-refractivity contribution in [3.05, 3.63) is 94.0 Å². The highest BCUT2D eigenvalue weighted by atomic mass is 35.5. The molecule has 0 radical (unpaired) electrons. The van der Waals surface area contributed by atoms with E-state index in [1.165, 1.54) is 11.6 Å². The molecule has 6 rings (SSSR count). The molecule has 2 aliphatic rings. The maximum Gasteiger partial charge on any atom is 0.323 e. The van der Waals surface area contributed by atoms with Gasteiger partial charge in [-0.3, -0.25) is 14.3 Å². The molecule has 4 aromatic rings. The number of fused-ring (bicyclic) bond motifs is 3. The standard InChI is InChI=1S/C35H35ClFN5O5/c1-20-6-3-9-31(21(20)2)47-11-5-10-32(43)42-18-22-12-26(22)34-25(7-4-8-30(34)42)23-15-39-41(17-23)19-27-28(36)13-24(14-29(27)37)40-35(46)38-16-33(44)45/h3-4,6-9,13-15,17,22,26H,5,10-12,16,18-19H2,1-2H3,(H,44,45)(H2,38,40,46). The number of hydrogen-bond donors (Lipinski definition) is 3. The zero-order chi connectivity index (χ0) is 33.2. The second-order valence-corrected chi connectivity index (χ2v) is 12.4. The average molecular weight is 660 g/mol. The van der Waals surface area contributed by atoms with Gasteiger partial charge in [0.2, 0.25) is 5.91 Å². The third-order valence-electron chi connectivity index (χ3n) is 8.80. The number of nitrogens with zero attached hydrogens (tertiary/aromatic N) is 3. The number of carbonyl (C=O) groups excluding carboxylic acids is 2. The van der Waals surface area contributed by atoms with Crippen molar-refractivity contribution < 1.29 is 28.6 Å². The molecule has 3 aromatic carbocycles. The van der Waals surface area contributed by atoms with Gasteiger partial charge in [-0.25, -0.2) is 9.18 Å². The van der Waals surface area contributed by atoms with E-state index < -0.39 is 24.4 Å². The molecule has 0 bridgehead atoms. The number of ether oxygens (including phenoxy) is 1. The number of anilines is 2. The van der Waals surface area contributed by atoms with Crippen molar-refractivity contribution in [1.29, 1.82) is 0 Å². The molecule has 244 valence electrons. The lowest BCUT2D eigenvalue weighted by atomic mass is 9.92. The van der Waals surface area contributed by atoms with Gasteiger partial charge in [0.15, 0.2) is 0 Å². The second-order valence-electron chi connectivity index (χ2n) is 12.0. The number of hydrogen-bond acceptors (Lipinski definition) is 5. The Bertz CT molecular complexity index is 1840. The summed E-state index contributed by atoms with van der Waals surface area (Å²) >= 11 is 6.38. The maximum atomic E-state index is 15.1. The zero-order valence-corrected chi connectivity index (χ0v) is 26.8. The number of benzene rings is 3. The molecule has 47 heavy (non-hydrogen) atoms. The highest BCUT2D eigenvalue weighted by Gasteiger charge is 2.47. The number of aromatic nitrogens is 2. The number of amides is 3. The van der Waals surface area contributed by atoms with Crippen LogP contribution < -0.4 is 20.3 Å². The molecule has 2 atom stereocenters. The van der Waals surface area contributed by atoms with Crippen LogP contribution in [-0.4, -0.2) is 52.5 Å². The van der Waals surface area contributed by atoms with Crippen LogP contribution in [-0.2, 0) is 16.1 Å². The molecule has 2 heterocycles. The molecule has 0 saturated heterocycles. The Labute approximate surface area is 276 Å². The second kappa shape index (κ2) is 13.4. The predicted molar refractivity (Wildman–Crippen MR) is 177 cm³/mol. The van der Waals surface area contributed by atoms with E-state index in [-0.39, 0.29) is 28.7 Å². The van der Waals surface area contributed by atoms with Crippen LogP contribution in [0.15, 0.2) is 60.9 Å². The van der Waals surface area contributed by atoms with Gasteiger partial charge in [-0.1, -0.05) is 35.9 Å². The minimum Gasteiger partial charge on any atom is -0.493 e. The van der Waals surface area contributed by atoms with Gasteiger partial charge in [-0.05, 0) is 85.0 Å². The first-order chi connectivity index (χ1) is 22.6. The normalized spacial score (nSPS) is 16.2. The first kappa shape index (κ1) is 32.1. The van der Waals surface area contributed by atoms with Gasteiger partial charge >= 0.3 is 12.0 Å². The van der Waals surface area contributed by atoms with Crippen LogP contribution in [0, 0.1) is 25.6 Å². The first-order valence-electron chi connectivity index (χ1n) is 15.5. The van der Waals surface area contributed by atoms with Crippen LogP contribution in [0.5, 0.6) is 5.75 Å². The molecule has 1 aliphatic carbocycles. The number of halogens is 2. The predicted octanol–water partition coefficient (Wildman–Crippen LogP) is 6.52. The minimum atomic E-state index is -1.21. The summed E-state index contributed by atoms with van der Waals surface area (Å²) in [5.74, 6) is -0.125. The lowest BCUT2D eigenvalue weighted by molar-refractivity contribution is -0.135. The van der Waals surface area contributed by atoms with Gasteiger partial charge in [-0.15, -0.1) is 0 Å². The number of urea groups is 1. The number of carboxylic acid groups (broad SMARTS) is 1. The highest BCUT2D eigenvalue weighted by Crippen LogP contribution is 2.57. The number of rotatable bonds is 11. The van der Waals surface area contributed by atoms with E-state index in [0.29, 0.717) is 37.8 Å². The van der Waals surface area contributed by atoms with Gasteiger partial charge < -0.3 is 25.4 Å². The largest absolute Gasteiger partial charge is 0.493 e. The molecule has 1 saturated carbocycles. The Hall–Kier alpha value is -4.90.